The number of piperazine rings is 1. The molecule has 0 atom stereocenters. The first-order valence-electron chi connectivity index (χ1n) is 8.28. The van der Waals surface area contributed by atoms with Crippen LogP contribution in [0.1, 0.15) is 11.1 Å². The summed E-state index contributed by atoms with van der Waals surface area (Å²) in [6, 6.07) is 11.2. The molecule has 1 saturated heterocycles. The fourth-order valence-corrected chi connectivity index (χ4v) is 2.99. The van der Waals surface area contributed by atoms with Crippen LogP contribution >= 0.6 is 0 Å². The van der Waals surface area contributed by atoms with Crippen LogP contribution in [0.4, 0.5) is 23.2 Å². The molecule has 1 heterocycles. The second-order valence-corrected chi connectivity index (χ2v) is 6.18. The lowest BCUT2D eigenvalue weighted by Gasteiger charge is -2.36. The molecule has 1 aliphatic heterocycles. The molecule has 0 aliphatic carbocycles. The third-order valence-corrected chi connectivity index (χ3v) is 4.49. The largest absolute Gasteiger partial charge is 0.416 e. The molecule has 0 unspecified atom stereocenters. The first-order chi connectivity index (χ1) is 12.3. The van der Waals surface area contributed by atoms with E-state index in [-0.39, 0.29) is 12.3 Å². The molecule has 7 heteroatoms. The maximum atomic E-state index is 13.7. The number of carbonyl (C=O) groups is 1. The van der Waals surface area contributed by atoms with E-state index >= 15 is 0 Å². The summed E-state index contributed by atoms with van der Waals surface area (Å²) in [5.41, 5.74) is 0.377. The molecule has 3 rings (SSSR count). The average Bonchev–Trinajstić information content (AvgIpc) is 2.63. The van der Waals surface area contributed by atoms with Crippen molar-refractivity contribution in [1.29, 1.82) is 0 Å². The molecular weight excluding hydrogens is 348 g/mol. The van der Waals surface area contributed by atoms with E-state index in [1.807, 2.05) is 4.90 Å². The van der Waals surface area contributed by atoms with Crippen molar-refractivity contribution in [2.45, 2.75) is 12.6 Å². The predicted octanol–water partition coefficient (Wildman–Crippen LogP) is 3.74. The standard InChI is InChI=1S/C19H18F4N2O/c20-17-4-2-1-3-14(17)13-18(26)25-11-9-24(10-12-25)16-7-5-15(6-8-16)19(21,22)23/h1-8H,9-13H2. The number of alkyl halides is 3. The molecule has 0 spiro atoms. The van der Waals surface area contributed by atoms with Crippen LogP contribution in [-0.4, -0.2) is 37.0 Å². The fourth-order valence-electron chi connectivity index (χ4n) is 2.99. The van der Waals surface area contributed by atoms with E-state index in [1.54, 1.807) is 23.1 Å². The monoisotopic (exact) mass is 366 g/mol. The summed E-state index contributed by atoms with van der Waals surface area (Å²) >= 11 is 0. The number of hydrogen-bond donors (Lipinski definition) is 0. The van der Waals surface area contributed by atoms with Gasteiger partial charge >= 0.3 is 6.18 Å². The Morgan fingerprint density at radius 1 is 0.923 bits per heavy atom. The Kier molecular flexibility index (Phi) is 5.15. The minimum atomic E-state index is -4.35. The molecule has 138 valence electrons. The van der Waals surface area contributed by atoms with E-state index in [0.717, 1.165) is 12.1 Å². The van der Waals surface area contributed by atoms with Crippen LogP contribution in [0.15, 0.2) is 48.5 Å². The van der Waals surface area contributed by atoms with E-state index in [2.05, 4.69) is 0 Å². The highest BCUT2D eigenvalue weighted by molar-refractivity contribution is 5.79. The van der Waals surface area contributed by atoms with Crippen LogP contribution in [0.3, 0.4) is 0 Å². The summed E-state index contributed by atoms with van der Waals surface area (Å²) in [6.07, 6.45) is -4.34. The highest BCUT2D eigenvalue weighted by atomic mass is 19.4. The summed E-state index contributed by atoms with van der Waals surface area (Å²) < 4.78 is 51.5. The molecule has 26 heavy (non-hydrogen) atoms. The topological polar surface area (TPSA) is 23.6 Å². The Bertz CT molecular complexity index is 766. The number of nitrogens with zero attached hydrogens (tertiary/aromatic N) is 2. The fraction of sp³-hybridized carbons (Fsp3) is 0.316. The Labute approximate surface area is 148 Å². The summed E-state index contributed by atoms with van der Waals surface area (Å²) in [7, 11) is 0. The summed E-state index contributed by atoms with van der Waals surface area (Å²) in [6.45, 7) is 1.95. The van der Waals surface area contributed by atoms with Gasteiger partial charge in [-0.15, -0.1) is 0 Å². The van der Waals surface area contributed by atoms with Crippen LogP contribution in [0.2, 0.25) is 0 Å². The summed E-state index contributed by atoms with van der Waals surface area (Å²) in [5, 5.41) is 0. The molecule has 2 aromatic rings. The predicted molar refractivity (Wildman–Crippen MR) is 90.3 cm³/mol. The Morgan fingerprint density at radius 3 is 2.12 bits per heavy atom. The quantitative estimate of drug-likeness (QED) is 0.773. The lowest BCUT2D eigenvalue weighted by Crippen LogP contribution is -2.49. The lowest BCUT2D eigenvalue weighted by molar-refractivity contribution is -0.137. The van der Waals surface area contributed by atoms with Crippen molar-refractivity contribution >= 4 is 11.6 Å². The molecule has 1 amide bonds. The van der Waals surface area contributed by atoms with Gasteiger partial charge in [0.15, 0.2) is 0 Å². The number of benzene rings is 2. The molecule has 0 saturated carbocycles. The van der Waals surface area contributed by atoms with Crippen LogP contribution in [0, 0.1) is 5.82 Å². The molecule has 0 radical (unpaired) electrons. The minimum Gasteiger partial charge on any atom is -0.368 e. The highest BCUT2D eigenvalue weighted by Crippen LogP contribution is 2.30. The second-order valence-electron chi connectivity index (χ2n) is 6.18. The number of amides is 1. The zero-order valence-corrected chi connectivity index (χ0v) is 14.0. The maximum absolute atomic E-state index is 13.7. The van der Waals surface area contributed by atoms with Crippen LogP contribution in [0.25, 0.3) is 0 Å². The number of anilines is 1. The molecule has 1 aliphatic rings. The Hall–Kier alpha value is -2.57. The van der Waals surface area contributed by atoms with E-state index in [9.17, 15) is 22.4 Å². The normalized spacial score (nSPS) is 15.2. The number of halogens is 4. The van der Waals surface area contributed by atoms with E-state index in [4.69, 9.17) is 0 Å². The first kappa shape index (κ1) is 18.2. The van der Waals surface area contributed by atoms with Gasteiger partial charge in [-0.2, -0.15) is 13.2 Å². The van der Waals surface area contributed by atoms with Gasteiger partial charge in [-0.1, -0.05) is 18.2 Å². The van der Waals surface area contributed by atoms with Gasteiger partial charge in [0.05, 0.1) is 12.0 Å². The molecule has 3 nitrogen and oxygen atoms in total. The van der Waals surface area contributed by atoms with E-state index in [0.29, 0.717) is 37.4 Å². The second kappa shape index (κ2) is 7.35. The van der Waals surface area contributed by atoms with Crippen molar-refractivity contribution in [3.05, 3.63) is 65.5 Å². The molecule has 2 aromatic carbocycles. The number of carbonyl (C=O) groups excluding carboxylic acids is 1. The van der Waals surface area contributed by atoms with Crippen molar-refractivity contribution in [2.24, 2.45) is 0 Å². The SMILES string of the molecule is O=C(Cc1ccccc1F)N1CCN(c2ccc(C(F)(F)F)cc2)CC1. The van der Waals surface area contributed by atoms with E-state index in [1.165, 1.54) is 18.2 Å². The average molecular weight is 366 g/mol. The first-order valence-corrected chi connectivity index (χ1v) is 8.28. The van der Waals surface area contributed by atoms with Gasteiger partial charge in [0.1, 0.15) is 5.82 Å². The van der Waals surface area contributed by atoms with Crippen molar-refractivity contribution < 1.29 is 22.4 Å². The van der Waals surface area contributed by atoms with Gasteiger partial charge in [0.25, 0.3) is 0 Å². The van der Waals surface area contributed by atoms with Gasteiger partial charge in [0.2, 0.25) is 5.91 Å². The smallest absolute Gasteiger partial charge is 0.368 e. The third-order valence-electron chi connectivity index (χ3n) is 4.49. The highest BCUT2D eigenvalue weighted by Gasteiger charge is 2.30. The van der Waals surface area contributed by atoms with Crippen molar-refractivity contribution in [3.63, 3.8) is 0 Å². The van der Waals surface area contributed by atoms with Crippen LogP contribution < -0.4 is 4.90 Å². The van der Waals surface area contributed by atoms with Crippen molar-refractivity contribution in [1.82, 2.24) is 4.90 Å². The molecular formula is C19H18F4N2O. The van der Waals surface area contributed by atoms with Crippen molar-refractivity contribution in [2.75, 3.05) is 31.1 Å². The number of rotatable bonds is 3. The molecule has 0 bridgehead atoms. The van der Waals surface area contributed by atoms with Gasteiger partial charge < -0.3 is 9.80 Å². The van der Waals surface area contributed by atoms with Crippen molar-refractivity contribution in [3.8, 4) is 0 Å². The third kappa shape index (κ3) is 4.15. The van der Waals surface area contributed by atoms with Crippen LogP contribution in [-0.2, 0) is 17.4 Å². The molecule has 0 N–H and O–H groups in total. The Balaban J connectivity index is 1.57. The number of hydrogen-bond acceptors (Lipinski definition) is 2. The molecule has 0 aromatic heterocycles. The van der Waals surface area contributed by atoms with Crippen LogP contribution in [0.5, 0.6) is 0 Å². The lowest BCUT2D eigenvalue weighted by atomic mass is 10.1. The Morgan fingerprint density at radius 2 is 1.54 bits per heavy atom. The zero-order chi connectivity index (χ0) is 18.7. The maximum Gasteiger partial charge on any atom is 0.416 e. The zero-order valence-electron chi connectivity index (χ0n) is 14.0. The van der Waals surface area contributed by atoms with Gasteiger partial charge in [-0.05, 0) is 35.9 Å². The van der Waals surface area contributed by atoms with Gasteiger partial charge in [-0.25, -0.2) is 4.39 Å². The summed E-state index contributed by atoms with van der Waals surface area (Å²) in [5.74, 6) is -0.550. The van der Waals surface area contributed by atoms with Gasteiger partial charge in [-0.3, -0.25) is 4.79 Å². The summed E-state index contributed by atoms with van der Waals surface area (Å²) in [4.78, 5) is 15.9. The molecule has 1 fully saturated rings. The minimum absolute atomic E-state index is 0.00690. The van der Waals surface area contributed by atoms with Gasteiger partial charge in [0, 0.05) is 31.9 Å². The van der Waals surface area contributed by atoms with E-state index < -0.39 is 17.6 Å².